The Kier molecular flexibility index (Phi) is 6.46. The second kappa shape index (κ2) is 8.79. The minimum atomic E-state index is -0.0418. The average molecular weight is 332 g/mol. The van der Waals surface area contributed by atoms with Gasteiger partial charge in [-0.05, 0) is 39.0 Å². The molecule has 0 aromatic rings. The Labute approximate surface area is 147 Å². The first kappa shape index (κ1) is 17.6. The lowest BCUT2D eigenvalue weighted by molar-refractivity contribution is 0.00865. The van der Waals surface area contributed by atoms with Gasteiger partial charge in [-0.3, -0.25) is 0 Å². The Morgan fingerprint density at radius 2 is 1.50 bits per heavy atom. The first-order valence-corrected chi connectivity index (χ1v) is 10.2. The molecule has 0 radical (unpaired) electrons. The van der Waals surface area contributed by atoms with Crippen LogP contribution in [-0.4, -0.2) is 29.2 Å². The molecule has 134 valence electrons. The van der Waals surface area contributed by atoms with Gasteiger partial charge < -0.3 is 9.64 Å². The third-order valence-corrected chi connectivity index (χ3v) is 6.23. The molecule has 0 heterocycles. The lowest BCUT2D eigenvalue weighted by Crippen LogP contribution is -2.50. The molecule has 2 atom stereocenters. The van der Waals surface area contributed by atoms with E-state index in [2.05, 4.69) is 23.7 Å². The molecule has 2 unspecified atom stereocenters. The zero-order valence-corrected chi connectivity index (χ0v) is 15.3. The average Bonchev–Trinajstić information content (AvgIpc) is 2.64. The monoisotopic (exact) mass is 331 g/mol. The topological polar surface area (TPSA) is 29.5 Å². The maximum Gasteiger partial charge on any atom is 0.410 e. The van der Waals surface area contributed by atoms with Gasteiger partial charge in [-0.2, -0.15) is 0 Å². The summed E-state index contributed by atoms with van der Waals surface area (Å²) in [5, 5.41) is 0. The molecule has 3 aliphatic carbocycles. The fourth-order valence-corrected chi connectivity index (χ4v) is 4.68. The van der Waals surface area contributed by atoms with Gasteiger partial charge in [-0.1, -0.05) is 38.5 Å². The first-order chi connectivity index (χ1) is 11.8. The quantitative estimate of drug-likeness (QED) is 0.656. The molecule has 1 amide bonds. The zero-order chi connectivity index (χ0) is 16.8. The highest BCUT2D eigenvalue weighted by molar-refractivity contribution is 5.68. The van der Waals surface area contributed by atoms with E-state index in [1.807, 2.05) is 0 Å². The number of hydrogen-bond acceptors (Lipinski definition) is 2. The van der Waals surface area contributed by atoms with Crippen molar-refractivity contribution in [1.82, 2.24) is 4.90 Å². The molecule has 0 aliphatic heterocycles. The Morgan fingerprint density at radius 3 is 2.00 bits per heavy atom. The minimum Gasteiger partial charge on any atom is -0.446 e. The normalized spacial score (nSPS) is 27.0. The summed E-state index contributed by atoms with van der Waals surface area (Å²) >= 11 is 0. The summed E-state index contributed by atoms with van der Waals surface area (Å²) in [5.41, 5.74) is 0. The number of hydrogen-bond donors (Lipinski definition) is 0. The molecule has 3 rings (SSSR count). The van der Waals surface area contributed by atoms with Crippen molar-refractivity contribution in [3.63, 3.8) is 0 Å². The number of carbonyl (C=O) groups is 1. The standard InChI is InChI=1S/C21H33NO2/c1-17(18-11-5-2-6-12-18)24-21(23)22(19-13-7-3-8-14-19)20-15-9-4-10-16-20/h17-20H,3-5,7-16H2,1H3. The third-order valence-electron chi connectivity index (χ3n) is 6.23. The Morgan fingerprint density at radius 1 is 0.917 bits per heavy atom. The highest BCUT2D eigenvalue weighted by atomic mass is 16.6. The van der Waals surface area contributed by atoms with Crippen LogP contribution in [0.25, 0.3) is 0 Å². The second-order valence-electron chi connectivity index (χ2n) is 7.94. The van der Waals surface area contributed by atoms with Crippen molar-refractivity contribution in [2.75, 3.05) is 0 Å². The van der Waals surface area contributed by atoms with Gasteiger partial charge in [0, 0.05) is 30.8 Å². The van der Waals surface area contributed by atoms with E-state index in [-0.39, 0.29) is 12.2 Å². The molecular weight excluding hydrogens is 298 g/mol. The largest absolute Gasteiger partial charge is 0.446 e. The lowest BCUT2D eigenvalue weighted by atomic mass is 9.89. The van der Waals surface area contributed by atoms with Crippen molar-refractivity contribution in [3.8, 4) is 11.8 Å². The van der Waals surface area contributed by atoms with Gasteiger partial charge in [-0.15, -0.1) is 11.8 Å². The number of amides is 1. The van der Waals surface area contributed by atoms with Crippen LogP contribution in [0.2, 0.25) is 0 Å². The molecular formula is C21H33NO2. The maximum absolute atomic E-state index is 13.1. The van der Waals surface area contributed by atoms with Crippen molar-refractivity contribution < 1.29 is 9.53 Å². The SMILES string of the molecule is CC(OC(=O)N(C1CCCCC1)C1CCCCC1)C1CC#CCC1. The number of carbonyl (C=O) groups excluding carboxylic acids is 1. The molecule has 0 aromatic carbocycles. The Bertz CT molecular complexity index is 448. The fourth-order valence-electron chi connectivity index (χ4n) is 4.68. The lowest BCUT2D eigenvalue weighted by Gasteiger charge is -2.41. The van der Waals surface area contributed by atoms with E-state index >= 15 is 0 Å². The van der Waals surface area contributed by atoms with E-state index in [4.69, 9.17) is 4.74 Å². The van der Waals surface area contributed by atoms with Gasteiger partial charge in [0.15, 0.2) is 0 Å². The summed E-state index contributed by atoms with van der Waals surface area (Å²) in [7, 11) is 0. The van der Waals surface area contributed by atoms with Gasteiger partial charge in [-0.25, -0.2) is 4.79 Å². The highest BCUT2D eigenvalue weighted by Gasteiger charge is 2.35. The van der Waals surface area contributed by atoms with Crippen LogP contribution in [0.15, 0.2) is 0 Å². The van der Waals surface area contributed by atoms with Gasteiger partial charge >= 0.3 is 6.09 Å². The molecule has 0 N–H and O–H groups in total. The van der Waals surface area contributed by atoms with Crippen LogP contribution in [0.3, 0.4) is 0 Å². The number of rotatable bonds is 4. The molecule has 0 saturated heterocycles. The summed E-state index contributed by atoms with van der Waals surface area (Å²) in [6.07, 6.45) is 15.2. The maximum atomic E-state index is 13.1. The Hall–Kier alpha value is -1.17. The molecule has 0 aromatic heterocycles. The summed E-state index contributed by atoms with van der Waals surface area (Å²) in [6, 6.07) is 0.820. The molecule has 3 heteroatoms. The number of nitrogens with zero attached hydrogens (tertiary/aromatic N) is 1. The first-order valence-electron chi connectivity index (χ1n) is 10.2. The van der Waals surface area contributed by atoms with Crippen molar-refractivity contribution in [3.05, 3.63) is 0 Å². The van der Waals surface area contributed by atoms with Gasteiger partial charge in [0.25, 0.3) is 0 Å². The van der Waals surface area contributed by atoms with E-state index in [9.17, 15) is 4.79 Å². The molecule has 2 fully saturated rings. The predicted molar refractivity (Wildman–Crippen MR) is 96.6 cm³/mol. The molecule has 24 heavy (non-hydrogen) atoms. The molecule has 3 nitrogen and oxygen atoms in total. The molecule has 0 spiro atoms. The smallest absolute Gasteiger partial charge is 0.410 e. The van der Waals surface area contributed by atoms with Crippen LogP contribution < -0.4 is 0 Å². The molecule has 3 aliphatic rings. The van der Waals surface area contributed by atoms with Gasteiger partial charge in [0.1, 0.15) is 6.10 Å². The second-order valence-corrected chi connectivity index (χ2v) is 7.94. The van der Waals surface area contributed by atoms with Crippen LogP contribution in [0.4, 0.5) is 4.79 Å². The van der Waals surface area contributed by atoms with Crippen LogP contribution in [0.1, 0.15) is 90.4 Å². The van der Waals surface area contributed by atoms with Crippen molar-refractivity contribution >= 4 is 6.09 Å². The van der Waals surface area contributed by atoms with Crippen molar-refractivity contribution in [2.24, 2.45) is 5.92 Å². The van der Waals surface area contributed by atoms with E-state index in [1.54, 1.807) is 0 Å². The van der Waals surface area contributed by atoms with Crippen LogP contribution >= 0.6 is 0 Å². The summed E-state index contributed by atoms with van der Waals surface area (Å²) in [6.45, 7) is 2.06. The fraction of sp³-hybridized carbons (Fsp3) is 0.857. The minimum absolute atomic E-state index is 0.0122. The molecule has 0 bridgehead atoms. The predicted octanol–water partition coefficient (Wildman–Crippen LogP) is 5.28. The van der Waals surface area contributed by atoms with E-state index in [0.717, 1.165) is 44.9 Å². The van der Waals surface area contributed by atoms with E-state index < -0.39 is 0 Å². The van der Waals surface area contributed by atoms with Crippen LogP contribution in [-0.2, 0) is 4.74 Å². The third kappa shape index (κ3) is 4.47. The summed E-state index contributed by atoms with van der Waals surface area (Å²) in [5.74, 6) is 6.75. The van der Waals surface area contributed by atoms with E-state index in [1.165, 1.54) is 38.5 Å². The van der Waals surface area contributed by atoms with Gasteiger partial charge in [0.2, 0.25) is 0 Å². The van der Waals surface area contributed by atoms with Gasteiger partial charge in [0.05, 0.1) is 0 Å². The van der Waals surface area contributed by atoms with E-state index in [0.29, 0.717) is 18.0 Å². The van der Waals surface area contributed by atoms with Crippen molar-refractivity contribution in [2.45, 2.75) is 109 Å². The molecule has 2 saturated carbocycles. The van der Waals surface area contributed by atoms with Crippen LogP contribution in [0.5, 0.6) is 0 Å². The Balaban J connectivity index is 1.64. The highest BCUT2D eigenvalue weighted by Crippen LogP contribution is 2.31. The summed E-state index contributed by atoms with van der Waals surface area (Å²) in [4.78, 5) is 15.2. The number of ether oxygens (including phenoxy) is 1. The summed E-state index contributed by atoms with van der Waals surface area (Å²) < 4.78 is 5.98. The van der Waals surface area contributed by atoms with Crippen molar-refractivity contribution in [1.29, 1.82) is 0 Å². The van der Waals surface area contributed by atoms with Crippen LogP contribution in [0, 0.1) is 17.8 Å². The zero-order valence-electron chi connectivity index (χ0n) is 15.3.